The molecule has 9 heavy (non-hydrogen) atoms. The Morgan fingerprint density at radius 1 is 1.33 bits per heavy atom. The summed E-state index contributed by atoms with van der Waals surface area (Å²) in [6.07, 6.45) is 0. The van der Waals surface area contributed by atoms with Gasteiger partial charge >= 0.3 is 0 Å². The topological polar surface area (TPSA) is 3.24 Å². The van der Waals surface area contributed by atoms with Crippen molar-refractivity contribution < 1.29 is 0 Å². The Hall–Kier alpha value is 0.250. The van der Waals surface area contributed by atoms with Crippen LogP contribution < -0.4 is 0 Å². The van der Waals surface area contributed by atoms with Crippen molar-refractivity contribution in [1.82, 2.24) is 4.90 Å². The molecule has 0 bridgehead atoms. The molecule has 0 rings (SSSR count). The second-order valence-electron chi connectivity index (χ2n) is 2.22. The molecule has 56 valence electrons. The van der Waals surface area contributed by atoms with E-state index >= 15 is 0 Å². The highest BCUT2D eigenvalue weighted by Crippen LogP contribution is 1.98. The summed E-state index contributed by atoms with van der Waals surface area (Å²) in [7, 11) is 0. The van der Waals surface area contributed by atoms with Crippen molar-refractivity contribution in [3.05, 3.63) is 0 Å². The van der Waals surface area contributed by atoms with Gasteiger partial charge < -0.3 is 4.90 Å². The summed E-state index contributed by atoms with van der Waals surface area (Å²) < 4.78 is 0. The van der Waals surface area contributed by atoms with Crippen LogP contribution in [0.2, 0.25) is 0 Å². The molecule has 0 saturated heterocycles. The standard InChI is InChI=1S/C7H16ClN/c1-4-9(5-2)7(3)6-8/h7H,4-6H2,1-3H3/t7-/m0/s1. The number of halogens is 1. The highest BCUT2D eigenvalue weighted by molar-refractivity contribution is 6.18. The van der Waals surface area contributed by atoms with E-state index in [1.165, 1.54) is 0 Å². The van der Waals surface area contributed by atoms with Gasteiger partial charge in [0.25, 0.3) is 0 Å². The third kappa shape index (κ3) is 3.07. The number of alkyl halides is 1. The van der Waals surface area contributed by atoms with E-state index in [9.17, 15) is 0 Å². The quantitative estimate of drug-likeness (QED) is 0.553. The van der Waals surface area contributed by atoms with Gasteiger partial charge in [-0.1, -0.05) is 13.8 Å². The molecule has 0 aliphatic rings. The van der Waals surface area contributed by atoms with Crippen LogP contribution in [0.25, 0.3) is 0 Å². The van der Waals surface area contributed by atoms with Crippen LogP contribution in [0.5, 0.6) is 0 Å². The summed E-state index contributed by atoms with van der Waals surface area (Å²) in [5.41, 5.74) is 0. The molecule has 1 nitrogen and oxygen atoms in total. The molecule has 1 atom stereocenters. The van der Waals surface area contributed by atoms with Crippen LogP contribution in [-0.2, 0) is 0 Å². The maximum Gasteiger partial charge on any atom is 0.0376 e. The molecule has 0 unspecified atom stereocenters. The average molecular weight is 150 g/mol. The van der Waals surface area contributed by atoms with E-state index < -0.39 is 0 Å². The first-order valence-electron chi connectivity index (χ1n) is 3.56. The molecule has 0 aromatic rings. The summed E-state index contributed by atoms with van der Waals surface area (Å²) in [5, 5.41) is 0. The minimum absolute atomic E-state index is 0.529. The second kappa shape index (κ2) is 5.07. The van der Waals surface area contributed by atoms with Crippen molar-refractivity contribution in [3.63, 3.8) is 0 Å². The van der Waals surface area contributed by atoms with Crippen molar-refractivity contribution in [2.75, 3.05) is 19.0 Å². The lowest BCUT2D eigenvalue weighted by Gasteiger charge is -2.23. The molecule has 2 heteroatoms. The van der Waals surface area contributed by atoms with Gasteiger partial charge in [-0.25, -0.2) is 0 Å². The smallest absolute Gasteiger partial charge is 0.0376 e. The van der Waals surface area contributed by atoms with Crippen LogP contribution in [-0.4, -0.2) is 29.9 Å². The van der Waals surface area contributed by atoms with E-state index in [1.807, 2.05) is 0 Å². The van der Waals surface area contributed by atoms with E-state index in [0.717, 1.165) is 19.0 Å². The van der Waals surface area contributed by atoms with Crippen LogP contribution >= 0.6 is 11.6 Å². The van der Waals surface area contributed by atoms with Crippen molar-refractivity contribution >= 4 is 11.6 Å². The molecule has 0 aromatic carbocycles. The van der Waals surface area contributed by atoms with Gasteiger partial charge in [0.2, 0.25) is 0 Å². The first-order valence-corrected chi connectivity index (χ1v) is 4.09. The lowest BCUT2D eigenvalue weighted by Crippen LogP contribution is -2.33. The molecule has 0 N–H and O–H groups in total. The third-order valence-corrected chi connectivity index (χ3v) is 2.11. The van der Waals surface area contributed by atoms with Crippen LogP contribution in [0, 0.1) is 0 Å². The summed E-state index contributed by atoms with van der Waals surface area (Å²) >= 11 is 5.66. The number of rotatable bonds is 4. The number of nitrogens with zero attached hydrogens (tertiary/aromatic N) is 1. The zero-order chi connectivity index (χ0) is 7.28. The molecule has 0 amide bonds. The van der Waals surface area contributed by atoms with Gasteiger partial charge in [-0.15, -0.1) is 11.6 Å². The van der Waals surface area contributed by atoms with E-state index in [0.29, 0.717) is 6.04 Å². The maximum atomic E-state index is 5.66. The number of hydrogen-bond donors (Lipinski definition) is 0. The van der Waals surface area contributed by atoms with E-state index in [1.54, 1.807) is 0 Å². The molecule has 0 heterocycles. The maximum absolute atomic E-state index is 5.66. The van der Waals surface area contributed by atoms with Crippen LogP contribution in [0.4, 0.5) is 0 Å². The lowest BCUT2D eigenvalue weighted by molar-refractivity contribution is 0.249. The summed E-state index contributed by atoms with van der Waals surface area (Å²) in [5.74, 6) is 0.738. The molecular formula is C7H16ClN. The SMILES string of the molecule is CCN(CC)[C@@H](C)CCl. The number of hydrogen-bond acceptors (Lipinski definition) is 1. The van der Waals surface area contributed by atoms with Gasteiger partial charge in [0, 0.05) is 11.9 Å². The summed E-state index contributed by atoms with van der Waals surface area (Å²) in [4.78, 5) is 2.34. The fraction of sp³-hybridized carbons (Fsp3) is 1.00. The highest BCUT2D eigenvalue weighted by atomic mass is 35.5. The molecule has 0 aromatic heterocycles. The Kier molecular flexibility index (Phi) is 5.21. The molecule has 0 spiro atoms. The monoisotopic (exact) mass is 149 g/mol. The van der Waals surface area contributed by atoms with Crippen LogP contribution in [0.1, 0.15) is 20.8 Å². The van der Waals surface area contributed by atoms with Gasteiger partial charge in [-0.2, -0.15) is 0 Å². The Morgan fingerprint density at radius 3 is 1.89 bits per heavy atom. The predicted octanol–water partition coefficient (Wildman–Crippen LogP) is 1.96. The fourth-order valence-electron chi connectivity index (χ4n) is 0.945. The van der Waals surface area contributed by atoms with Crippen molar-refractivity contribution in [1.29, 1.82) is 0 Å². The third-order valence-electron chi connectivity index (χ3n) is 1.66. The molecule has 0 aliphatic heterocycles. The normalized spacial score (nSPS) is 14.3. The van der Waals surface area contributed by atoms with E-state index in [2.05, 4.69) is 25.7 Å². The molecule has 0 fully saturated rings. The largest absolute Gasteiger partial charge is 0.300 e. The van der Waals surface area contributed by atoms with Gasteiger partial charge in [0.1, 0.15) is 0 Å². The molecule has 0 radical (unpaired) electrons. The minimum atomic E-state index is 0.529. The van der Waals surface area contributed by atoms with Crippen molar-refractivity contribution in [2.45, 2.75) is 26.8 Å². The average Bonchev–Trinajstić information content (AvgIpc) is 1.90. The van der Waals surface area contributed by atoms with Gasteiger partial charge in [-0.05, 0) is 20.0 Å². The Bertz CT molecular complexity index is 61.9. The lowest BCUT2D eigenvalue weighted by atomic mass is 10.3. The zero-order valence-electron chi connectivity index (χ0n) is 6.52. The molecule has 0 saturated carbocycles. The van der Waals surface area contributed by atoms with E-state index in [-0.39, 0.29) is 0 Å². The first-order chi connectivity index (χ1) is 4.26. The highest BCUT2D eigenvalue weighted by Gasteiger charge is 2.06. The van der Waals surface area contributed by atoms with Crippen LogP contribution in [0.3, 0.4) is 0 Å². The first kappa shape index (κ1) is 9.25. The molecular weight excluding hydrogens is 134 g/mol. The van der Waals surface area contributed by atoms with E-state index in [4.69, 9.17) is 11.6 Å². The van der Waals surface area contributed by atoms with Gasteiger partial charge in [-0.3, -0.25) is 0 Å². The second-order valence-corrected chi connectivity index (χ2v) is 2.53. The van der Waals surface area contributed by atoms with Crippen molar-refractivity contribution in [2.24, 2.45) is 0 Å². The Balaban J connectivity index is 3.50. The van der Waals surface area contributed by atoms with Crippen LogP contribution in [0.15, 0.2) is 0 Å². The Labute approximate surface area is 63.0 Å². The summed E-state index contributed by atoms with van der Waals surface area (Å²) in [6.45, 7) is 8.67. The zero-order valence-corrected chi connectivity index (χ0v) is 7.28. The predicted molar refractivity (Wildman–Crippen MR) is 43.1 cm³/mol. The minimum Gasteiger partial charge on any atom is -0.300 e. The van der Waals surface area contributed by atoms with Gasteiger partial charge in [0.05, 0.1) is 0 Å². The Morgan fingerprint density at radius 2 is 1.78 bits per heavy atom. The molecule has 0 aliphatic carbocycles. The van der Waals surface area contributed by atoms with Gasteiger partial charge in [0.15, 0.2) is 0 Å². The van der Waals surface area contributed by atoms with Crippen molar-refractivity contribution in [3.8, 4) is 0 Å². The summed E-state index contributed by atoms with van der Waals surface area (Å²) in [6, 6.07) is 0.529. The fourth-order valence-corrected chi connectivity index (χ4v) is 1.14.